The third-order valence-corrected chi connectivity index (χ3v) is 2.72. The number of aryl methyl sites for hydroxylation is 1. The first kappa shape index (κ1) is 11.9. The molecule has 0 saturated carbocycles. The summed E-state index contributed by atoms with van der Waals surface area (Å²) in [6, 6.07) is 8.06. The summed E-state index contributed by atoms with van der Waals surface area (Å²) in [5, 5.41) is 8.81. The molecular formula is C15H18O2. The molecule has 2 nitrogen and oxygen atoms in total. The number of hydrogen-bond acceptors (Lipinski definition) is 2. The Kier molecular flexibility index (Phi) is 4.39. The van der Waals surface area contributed by atoms with E-state index in [2.05, 4.69) is 18.2 Å². The second kappa shape index (κ2) is 6.26. The Bertz CT molecular complexity index is 419. The fourth-order valence-corrected chi connectivity index (χ4v) is 1.85. The van der Waals surface area contributed by atoms with E-state index in [1.54, 1.807) is 0 Å². The van der Waals surface area contributed by atoms with Crippen LogP contribution in [0.5, 0.6) is 5.75 Å². The van der Waals surface area contributed by atoms with Crippen LogP contribution in [0.4, 0.5) is 0 Å². The second-order valence-electron chi connectivity index (χ2n) is 4.16. The standard InChI is InChI=1S/C15H18O2/c16-11-5-7-13-6-4-10-15(12-13)17-14-8-2-1-3-9-14/h2,4,6,8-10,12,16H,1,3,5,7,11H2. The lowest BCUT2D eigenvalue weighted by molar-refractivity contribution is 0.288. The van der Waals surface area contributed by atoms with Gasteiger partial charge in [0.1, 0.15) is 11.5 Å². The van der Waals surface area contributed by atoms with Gasteiger partial charge in [-0.05, 0) is 55.5 Å². The van der Waals surface area contributed by atoms with Gasteiger partial charge in [-0.25, -0.2) is 0 Å². The predicted molar refractivity (Wildman–Crippen MR) is 68.9 cm³/mol. The van der Waals surface area contributed by atoms with E-state index in [1.807, 2.05) is 24.3 Å². The molecule has 2 rings (SSSR count). The quantitative estimate of drug-likeness (QED) is 0.841. The van der Waals surface area contributed by atoms with Gasteiger partial charge in [0.15, 0.2) is 0 Å². The lowest BCUT2D eigenvalue weighted by Crippen LogP contribution is -1.96. The van der Waals surface area contributed by atoms with Gasteiger partial charge in [0.05, 0.1) is 0 Å². The number of aliphatic hydroxyl groups is 1. The zero-order valence-corrected chi connectivity index (χ0v) is 9.93. The van der Waals surface area contributed by atoms with Crippen molar-refractivity contribution in [3.8, 4) is 5.75 Å². The second-order valence-corrected chi connectivity index (χ2v) is 4.16. The Balaban J connectivity index is 2.00. The smallest absolute Gasteiger partial charge is 0.127 e. The van der Waals surface area contributed by atoms with Crippen LogP contribution in [0.1, 0.15) is 24.8 Å². The number of ether oxygens (including phenoxy) is 1. The van der Waals surface area contributed by atoms with Crippen LogP contribution in [0, 0.1) is 0 Å². The largest absolute Gasteiger partial charge is 0.458 e. The summed E-state index contributed by atoms with van der Waals surface area (Å²) in [4.78, 5) is 0. The van der Waals surface area contributed by atoms with Crippen molar-refractivity contribution in [3.63, 3.8) is 0 Å². The van der Waals surface area contributed by atoms with Crippen LogP contribution in [-0.4, -0.2) is 11.7 Å². The van der Waals surface area contributed by atoms with Gasteiger partial charge in [-0.3, -0.25) is 0 Å². The highest BCUT2D eigenvalue weighted by Crippen LogP contribution is 2.19. The molecule has 0 fully saturated rings. The van der Waals surface area contributed by atoms with Gasteiger partial charge in [-0.2, -0.15) is 0 Å². The van der Waals surface area contributed by atoms with E-state index in [-0.39, 0.29) is 6.61 Å². The van der Waals surface area contributed by atoms with Crippen molar-refractivity contribution in [2.45, 2.75) is 25.7 Å². The maximum Gasteiger partial charge on any atom is 0.127 e. The molecule has 0 unspecified atom stereocenters. The lowest BCUT2D eigenvalue weighted by Gasteiger charge is -2.10. The van der Waals surface area contributed by atoms with E-state index in [1.165, 1.54) is 5.56 Å². The molecule has 0 saturated heterocycles. The number of benzene rings is 1. The van der Waals surface area contributed by atoms with Gasteiger partial charge in [-0.1, -0.05) is 18.2 Å². The highest BCUT2D eigenvalue weighted by molar-refractivity contribution is 5.32. The van der Waals surface area contributed by atoms with Crippen molar-refractivity contribution in [2.75, 3.05) is 6.61 Å². The molecule has 0 atom stereocenters. The molecule has 0 heterocycles. The SMILES string of the molecule is OCCCc1cccc(OC2=CCCC=C2)c1. The van der Waals surface area contributed by atoms with E-state index in [0.29, 0.717) is 0 Å². The fourth-order valence-electron chi connectivity index (χ4n) is 1.85. The molecule has 0 aromatic heterocycles. The van der Waals surface area contributed by atoms with Crippen LogP contribution < -0.4 is 4.74 Å². The molecule has 0 spiro atoms. The molecular weight excluding hydrogens is 212 g/mol. The average molecular weight is 230 g/mol. The van der Waals surface area contributed by atoms with E-state index >= 15 is 0 Å². The van der Waals surface area contributed by atoms with E-state index in [0.717, 1.165) is 37.2 Å². The summed E-state index contributed by atoms with van der Waals surface area (Å²) in [5.41, 5.74) is 1.21. The number of hydrogen-bond donors (Lipinski definition) is 1. The summed E-state index contributed by atoms with van der Waals surface area (Å²) in [5.74, 6) is 1.80. The third-order valence-electron chi connectivity index (χ3n) is 2.72. The van der Waals surface area contributed by atoms with E-state index < -0.39 is 0 Å². The molecule has 0 bridgehead atoms. The third kappa shape index (κ3) is 3.75. The van der Waals surface area contributed by atoms with Gasteiger partial charge in [0.25, 0.3) is 0 Å². The van der Waals surface area contributed by atoms with E-state index in [9.17, 15) is 0 Å². The highest BCUT2D eigenvalue weighted by atomic mass is 16.5. The summed E-state index contributed by atoms with van der Waals surface area (Å²) < 4.78 is 5.79. The molecule has 1 aliphatic rings. The molecule has 1 aliphatic carbocycles. The van der Waals surface area contributed by atoms with Crippen molar-refractivity contribution in [1.82, 2.24) is 0 Å². The molecule has 90 valence electrons. The maximum atomic E-state index is 8.81. The summed E-state index contributed by atoms with van der Waals surface area (Å²) in [7, 11) is 0. The van der Waals surface area contributed by atoms with Crippen molar-refractivity contribution >= 4 is 0 Å². The summed E-state index contributed by atoms with van der Waals surface area (Å²) >= 11 is 0. The zero-order chi connectivity index (χ0) is 11.9. The summed E-state index contributed by atoms with van der Waals surface area (Å²) in [6.45, 7) is 0.235. The monoisotopic (exact) mass is 230 g/mol. The first-order valence-electron chi connectivity index (χ1n) is 6.13. The van der Waals surface area contributed by atoms with Crippen molar-refractivity contribution in [2.24, 2.45) is 0 Å². The molecule has 17 heavy (non-hydrogen) atoms. The topological polar surface area (TPSA) is 29.5 Å². The van der Waals surface area contributed by atoms with Crippen LogP contribution >= 0.6 is 0 Å². The molecule has 0 amide bonds. The highest BCUT2D eigenvalue weighted by Gasteiger charge is 2.01. The Hall–Kier alpha value is -1.54. The Morgan fingerprint density at radius 2 is 2.18 bits per heavy atom. The minimum Gasteiger partial charge on any atom is -0.458 e. The Morgan fingerprint density at radius 1 is 1.24 bits per heavy atom. The van der Waals surface area contributed by atoms with Gasteiger partial charge in [0, 0.05) is 6.61 Å². The minimum absolute atomic E-state index is 0.235. The van der Waals surface area contributed by atoms with Crippen LogP contribution in [0.25, 0.3) is 0 Å². The predicted octanol–water partition coefficient (Wildman–Crippen LogP) is 3.22. The number of aliphatic hydroxyl groups excluding tert-OH is 1. The number of rotatable bonds is 5. The van der Waals surface area contributed by atoms with Gasteiger partial charge in [0.2, 0.25) is 0 Å². The van der Waals surface area contributed by atoms with Gasteiger partial charge >= 0.3 is 0 Å². The zero-order valence-electron chi connectivity index (χ0n) is 9.93. The Morgan fingerprint density at radius 3 is 2.94 bits per heavy atom. The van der Waals surface area contributed by atoms with Gasteiger partial charge < -0.3 is 9.84 Å². The molecule has 0 aliphatic heterocycles. The first-order chi connectivity index (χ1) is 8.38. The van der Waals surface area contributed by atoms with Crippen molar-refractivity contribution in [1.29, 1.82) is 0 Å². The van der Waals surface area contributed by atoms with Crippen molar-refractivity contribution < 1.29 is 9.84 Å². The van der Waals surface area contributed by atoms with Crippen molar-refractivity contribution in [3.05, 3.63) is 53.8 Å². The van der Waals surface area contributed by atoms with Crippen LogP contribution in [-0.2, 0) is 6.42 Å². The van der Waals surface area contributed by atoms with Crippen LogP contribution in [0.2, 0.25) is 0 Å². The molecule has 0 radical (unpaired) electrons. The lowest BCUT2D eigenvalue weighted by atomic mass is 10.1. The molecule has 2 heteroatoms. The van der Waals surface area contributed by atoms with Crippen LogP contribution in [0.3, 0.4) is 0 Å². The molecule has 1 N–H and O–H groups in total. The maximum absolute atomic E-state index is 8.81. The normalized spacial score (nSPS) is 14.5. The fraction of sp³-hybridized carbons (Fsp3) is 0.333. The van der Waals surface area contributed by atoms with E-state index in [4.69, 9.17) is 9.84 Å². The van der Waals surface area contributed by atoms with Gasteiger partial charge in [-0.15, -0.1) is 0 Å². The summed E-state index contributed by atoms with van der Waals surface area (Å²) in [6.07, 6.45) is 10.1. The average Bonchev–Trinajstić information content (AvgIpc) is 2.38. The molecule has 1 aromatic carbocycles. The number of allylic oxidation sites excluding steroid dienone is 3. The first-order valence-corrected chi connectivity index (χ1v) is 6.13. The minimum atomic E-state index is 0.235. The Labute approximate surface area is 102 Å². The molecule has 1 aromatic rings. The van der Waals surface area contributed by atoms with Crippen LogP contribution in [0.15, 0.2) is 48.3 Å².